The van der Waals surface area contributed by atoms with Crippen molar-refractivity contribution in [2.24, 2.45) is 0 Å². The lowest BCUT2D eigenvalue weighted by Gasteiger charge is -1.99. The fourth-order valence-corrected chi connectivity index (χ4v) is 2.06. The molecule has 0 unspecified atom stereocenters. The van der Waals surface area contributed by atoms with Crippen molar-refractivity contribution >= 4 is 23.4 Å². The average Bonchev–Trinajstić information content (AvgIpc) is 2.25. The first-order valence-electron chi connectivity index (χ1n) is 4.89. The SMILES string of the molecule is ClCCCCCCSc1ncccn1. The van der Waals surface area contributed by atoms with Gasteiger partial charge in [-0.15, -0.1) is 11.6 Å². The largest absolute Gasteiger partial charge is 0.231 e. The predicted octanol–water partition coefficient (Wildman–Crippen LogP) is 3.37. The summed E-state index contributed by atoms with van der Waals surface area (Å²) in [5, 5.41) is 0.879. The van der Waals surface area contributed by atoms with Gasteiger partial charge in [-0.05, 0) is 18.9 Å². The van der Waals surface area contributed by atoms with E-state index in [1.54, 1.807) is 24.2 Å². The first-order valence-corrected chi connectivity index (χ1v) is 6.41. The van der Waals surface area contributed by atoms with Gasteiger partial charge in [-0.3, -0.25) is 0 Å². The summed E-state index contributed by atoms with van der Waals surface area (Å²) in [7, 11) is 0. The molecule has 4 heteroatoms. The van der Waals surface area contributed by atoms with Crippen LogP contribution in [0.15, 0.2) is 23.6 Å². The van der Waals surface area contributed by atoms with E-state index in [1.807, 2.05) is 6.07 Å². The van der Waals surface area contributed by atoms with Gasteiger partial charge in [0, 0.05) is 24.0 Å². The van der Waals surface area contributed by atoms with Crippen LogP contribution >= 0.6 is 23.4 Å². The van der Waals surface area contributed by atoms with Crippen molar-refractivity contribution in [3.63, 3.8) is 0 Å². The molecule has 0 saturated heterocycles. The van der Waals surface area contributed by atoms with Crippen LogP contribution in [0.25, 0.3) is 0 Å². The number of thioether (sulfide) groups is 1. The molecule has 0 aromatic carbocycles. The molecule has 0 N–H and O–H groups in total. The Kier molecular flexibility index (Phi) is 6.79. The smallest absolute Gasteiger partial charge is 0.187 e. The number of halogens is 1. The van der Waals surface area contributed by atoms with E-state index in [2.05, 4.69) is 9.97 Å². The Balaban J connectivity index is 1.99. The lowest BCUT2D eigenvalue weighted by Crippen LogP contribution is -1.87. The van der Waals surface area contributed by atoms with Crippen LogP contribution in [-0.2, 0) is 0 Å². The van der Waals surface area contributed by atoms with E-state index < -0.39 is 0 Å². The highest BCUT2D eigenvalue weighted by molar-refractivity contribution is 7.99. The Bertz CT molecular complexity index is 231. The molecular weight excluding hydrogens is 216 g/mol. The third-order valence-corrected chi connectivity index (χ3v) is 3.03. The molecular formula is C10H15ClN2S. The fraction of sp³-hybridized carbons (Fsp3) is 0.600. The molecule has 0 atom stereocenters. The van der Waals surface area contributed by atoms with Gasteiger partial charge < -0.3 is 0 Å². The third kappa shape index (κ3) is 5.45. The van der Waals surface area contributed by atoms with E-state index >= 15 is 0 Å². The van der Waals surface area contributed by atoms with Gasteiger partial charge in [0.2, 0.25) is 0 Å². The van der Waals surface area contributed by atoms with Crippen LogP contribution in [0, 0.1) is 0 Å². The molecule has 1 aromatic rings. The van der Waals surface area contributed by atoms with Crippen LogP contribution < -0.4 is 0 Å². The summed E-state index contributed by atoms with van der Waals surface area (Å²) in [6.45, 7) is 0. The molecule has 1 rings (SSSR count). The lowest BCUT2D eigenvalue weighted by atomic mass is 10.2. The molecule has 0 radical (unpaired) electrons. The molecule has 0 bridgehead atoms. The molecule has 78 valence electrons. The summed E-state index contributed by atoms with van der Waals surface area (Å²) in [4.78, 5) is 8.29. The Morgan fingerprint density at radius 1 is 1.07 bits per heavy atom. The molecule has 1 aromatic heterocycles. The number of unbranched alkanes of at least 4 members (excludes halogenated alkanes) is 3. The highest BCUT2D eigenvalue weighted by Gasteiger charge is 1.95. The standard InChI is InChI=1S/C10H15ClN2S/c11-6-3-1-2-4-9-14-10-12-7-5-8-13-10/h5,7-8H,1-4,6,9H2. The number of alkyl halides is 1. The second kappa shape index (κ2) is 8.06. The van der Waals surface area contributed by atoms with Gasteiger partial charge in [-0.2, -0.15) is 0 Å². The van der Waals surface area contributed by atoms with E-state index in [-0.39, 0.29) is 0 Å². The van der Waals surface area contributed by atoms with Gasteiger partial charge in [0.15, 0.2) is 5.16 Å². The number of hydrogen-bond acceptors (Lipinski definition) is 3. The zero-order valence-electron chi connectivity index (χ0n) is 8.16. The first-order chi connectivity index (χ1) is 6.93. The Morgan fingerprint density at radius 2 is 1.79 bits per heavy atom. The second-order valence-electron chi connectivity index (χ2n) is 2.98. The highest BCUT2D eigenvalue weighted by atomic mass is 35.5. The summed E-state index contributed by atoms with van der Waals surface area (Å²) in [6.07, 6.45) is 8.41. The third-order valence-electron chi connectivity index (χ3n) is 1.80. The normalized spacial score (nSPS) is 10.4. The van der Waals surface area contributed by atoms with E-state index in [1.165, 1.54) is 19.3 Å². The van der Waals surface area contributed by atoms with E-state index in [4.69, 9.17) is 11.6 Å². The van der Waals surface area contributed by atoms with Crippen molar-refractivity contribution in [1.82, 2.24) is 9.97 Å². The minimum atomic E-state index is 0.787. The van der Waals surface area contributed by atoms with Gasteiger partial charge >= 0.3 is 0 Å². The summed E-state index contributed by atoms with van der Waals surface area (Å²) < 4.78 is 0. The molecule has 0 saturated carbocycles. The number of hydrogen-bond donors (Lipinski definition) is 0. The molecule has 14 heavy (non-hydrogen) atoms. The van der Waals surface area contributed by atoms with E-state index in [9.17, 15) is 0 Å². The molecule has 1 heterocycles. The molecule has 0 amide bonds. The van der Waals surface area contributed by atoms with Gasteiger partial charge in [0.05, 0.1) is 0 Å². The topological polar surface area (TPSA) is 25.8 Å². The maximum Gasteiger partial charge on any atom is 0.187 e. The van der Waals surface area contributed by atoms with Crippen LogP contribution in [-0.4, -0.2) is 21.6 Å². The van der Waals surface area contributed by atoms with Crippen molar-refractivity contribution in [3.8, 4) is 0 Å². The molecule has 0 aliphatic carbocycles. The molecule has 2 nitrogen and oxygen atoms in total. The van der Waals surface area contributed by atoms with Crippen molar-refractivity contribution in [1.29, 1.82) is 0 Å². The minimum absolute atomic E-state index is 0.787. The first kappa shape index (κ1) is 11.8. The molecule has 0 aliphatic rings. The zero-order valence-corrected chi connectivity index (χ0v) is 9.73. The number of nitrogens with zero attached hydrogens (tertiary/aromatic N) is 2. The van der Waals surface area contributed by atoms with Crippen molar-refractivity contribution in [2.75, 3.05) is 11.6 Å². The van der Waals surface area contributed by atoms with Gasteiger partial charge in [0.25, 0.3) is 0 Å². The zero-order chi connectivity index (χ0) is 10.1. The Hall–Kier alpha value is -0.280. The van der Waals surface area contributed by atoms with Crippen LogP contribution in [0.4, 0.5) is 0 Å². The van der Waals surface area contributed by atoms with E-state index in [0.717, 1.165) is 23.2 Å². The quantitative estimate of drug-likeness (QED) is 0.311. The Morgan fingerprint density at radius 3 is 2.50 bits per heavy atom. The lowest BCUT2D eigenvalue weighted by molar-refractivity contribution is 0.709. The monoisotopic (exact) mass is 230 g/mol. The van der Waals surface area contributed by atoms with Crippen LogP contribution in [0.2, 0.25) is 0 Å². The van der Waals surface area contributed by atoms with Crippen molar-refractivity contribution in [3.05, 3.63) is 18.5 Å². The highest BCUT2D eigenvalue weighted by Crippen LogP contribution is 2.14. The minimum Gasteiger partial charge on any atom is -0.231 e. The van der Waals surface area contributed by atoms with Crippen molar-refractivity contribution in [2.45, 2.75) is 30.8 Å². The second-order valence-corrected chi connectivity index (χ2v) is 4.42. The number of aromatic nitrogens is 2. The van der Waals surface area contributed by atoms with Gasteiger partial charge in [-0.1, -0.05) is 24.6 Å². The van der Waals surface area contributed by atoms with Gasteiger partial charge in [0.1, 0.15) is 0 Å². The maximum absolute atomic E-state index is 5.59. The fourth-order valence-electron chi connectivity index (χ4n) is 1.07. The van der Waals surface area contributed by atoms with E-state index in [0.29, 0.717) is 0 Å². The van der Waals surface area contributed by atoms with Crippen LogP contribution in [0.5, 0.6) is 0 Å². The molecule has 0 aliphatic heterocycles. The average molecular weight is 231 g/mol. The summed E-state index contributed by atoms with van der Waals surface area (Å²) in [5.41, 5.74) is 0. The Labute approximate surface area is 94.5 Å². The number of rotatable bonds is 7. The molecule has 0 fully saturated rings. The maximum atomic E-state index is 5.59. The predicted molar refractivity (Wildman–Crippen MR) is 61.9 cm³/mol. The van der Waals surface area contributed by atoms with Crippen LogP contribution in [0.3, 0.4) is 0 Å². The summed E-state index contributed by atoms with van der Waals surface area (Å²) in [5.74, 6) is 1.89. The van der Waals surface area contributed by atoms with Crippen molar-refractivity contribution < 1.29 is 0 Å². The summed E-state index contributed by atoms with van der Waals surface area (Å²) >= 11 is 7.31. The summed E-state index contributed by atoms with van der Waals surface area (Å²) in [6, 6.07) is 1.84. The molecule has 0 spiro atoms. The van der Waals surface area contributed by atoms with Crippen LogP contribution in [0.1, 0.15) is 25.7 Å². The van der Waals surface area contributed by atoms with Gasteiger partial charge in [-0.25, -0.2) is 9.97 Å².